The lowest BCUT2D eigenvalue weighted by atomic mass is 10.1. The van der Waals surface area contributed by atoms with Crippen molar-refractivity contribution in [3.63, 3.8) is 0 Å². The van der Waals surface area contributed by atoms with E-state index in [0.717, 1.165) is 25.7 Å². The summed E-state index contributed by atoms with van der Waals surface area (Å²) in [5.74, 6) is -0.395. The van der Waals surface area contributed by atoms with Gasteiger partial charge < -0.3 is 10.6 Å². The second-order valence-corrected chi connectivity index (χ2v) is 9.54. The minimum atomic E-state index is -3.04. The van der Waals surface area contributed by atoms with E-state index in [1.54, 1.807) is 24.3 Å². The van der Waals surface area contributed by atoms with Crippen LogP contribution in [0.1, 0.15) is 65.7 Å². The van der Waals surface area contributed by atoms with E-state index in [-0.39, 0.29) is 35.4 Å². The number of hydrogen-bond acceptors (Lipinski definition) is 4. The van der Waals surface area contributed by atoms with Crippen molar-refractivity contribution >= 4 is 21.7 Å². The maximum absolute atomic E-state index is 12.5. The van der Waals surface area contributed by atoms with Crippen LogP contribution in [0.25, 0.3) is 0 Å². The zero-order chi connectivity index (χ0) is 18.6. The first-order chi connectivity index (χ1) is 12.4. The fourth-order valence-electron chi connectivity index (χ4n) is 3.67. The summed E-state index contributed by atoms with van der Waals surface area (Å²) < 4.78 is 23.0. The smallest absolute Gasteiger partial charge is 0.251 e. The Morgan fingerprint density at radius 1 is 0.846 bits per heavy atom. The average molecular weight is 378 g/mol. The average Bonchev–Trinajstić information content (AvgIpc) is 2.80. The molecule has 1 aliphatic heterocycles. The number of benzene rings is 1. The highest BCUT2D eigenvalue weighted by Crippen LogP contribution is 2.18. The zero-order valence-corrected chi connectivity index (χ0v) is 15.7. The van der Waals surface area contributed by atoms with Crippen LogP contribution in [-0.2, 0) is 9.84 Å². The normalized spacial score (nSPS) is 23.2. The first kappa shape index (κ1) is 18.9. The zero-order valence-electron chi connectivity index (χ0n) is 14.9. The molecule has 1 aliphatic carbocycles. The van der Waals surface area contributed by atoms with Gasteiger partial charge in [0.15, 0.2) is 9.84 Å². The fraction of sp³-hybridized carbons (Fsp3) is 0.579. The van der Waals surface area contributed by atoms with Crippen LogP contribution in [-0.4, -0.2) is 43.8 Å². The molecule has 1 heterocycles. The summed E-state index contributed by atoms with van der Waals surface area (Å²) in [6.45, 7) is 0. The Labute approximate surface area is 154 Å². The summed E-state index contributed by atoms with van der Waals surface area (Å²) >= 11 is 0. The first-order valence-electron chi connectivity index (χ1n) is 9.35. The molecule has 6 nitrogen and oxygen atoms in total. The van der Waals surface area contributed by atoms with E-state index < -0.39 is 9.84 Å². The predicted octanol–water partition coefficient (Wildman–Crippen LogP) is 2.06. The topological polar surface area (TPSA) is 92.3 Å². The minimum absolute atomic E-state index is 0.0133. The van der Waals surface area contributed by atoms with Crippen molar-refractivity contribution in [3.05, 3.63) is 35.4 Å². The molecule has 2 N–H and O–H groups in total. The molecule has 0 radical (unpaired) electrons. The van der Waals surface area contributed by atoms with Crippen LogP contribution in [0.3, 0.4) is 0 Å². The Balaban J connectivity index is 1.61. The molecule has 1 aromatic carbocycles. The van der Waals surface area contributed by atoms with Crippen LogP contribution in [0.5, 0.6) is 0 Å². The van der Waals surface area contributed by atoms with E-state index in [4.69, 9.17) is 0 Å². The summed E-state index contributed by atoms with van der Waals surface area (Å²) in [7, 11) is -3.04. The lowest BCUT2D eigenvalue weighted by molar-refractivity contribution is 0.0933. The fourth-order valence-corrected chi connectivity index (χ4v) is 5.35. The number of amides is 2. The Morgan fingerprint density at radius 2 is 1.42 bits per heavy atom. The molecule has 0 bridgehead atoms. The summed E-state index contributed by atoms with van der Waals surface area (Å²) in [4.78, 5) is 24.9. The molecule has 7 heteroatoms. The van der Waals surface area contributed by atoms with Gasteiger partial charge in [-0.15, -0.1) is 0 Å². The van der Waals surface area contributed by atoms with Gasteiger partial charge in [-0.2, -0.15) is 0 Å². The van der Waals surface area contributed by atoms with Crippen molar-refractivity contribution in [1.82, 2.24) is 10.6 Å². The minimum Gasteiger partial charge on any atom is -0.349 e. The van der Waals surface area contributed by atoms with Gasteiger partial charge in [0.05, 0.1) is 11.5 Å². The lowest BCUT2D eigenvalue weighted by Gasteiger charge is -2.16. The Hall–Kier alpha value is -1.89. The van der Waals surface area contributed by atoms with Crippen molar-refractivity contribution in [1.29, 1.82) is 0 Å². The maximum Gasteiger partial charge on any atom is 0.251 e. The van der Waals surface area contributed by atoms with Crippen LogP contribution in [0.4, 0.5) is 0 Å². The highest BCUT2D eigenvalue weighted by Gasteiger charge is 2.29. The summed E-state index contributed by atoms with van der Waals surface area (Å²) in [5.41, 5.74) is 0.837. The van der Waals surface area contributed by atoms with Gasteiger partial charge in [0.25, 0.3) is 11.8 Å². The van der Waals surface area contributed by atoms with E-state index in [1.165, 1.54) is 12.8 Å². The third kappa shape index (κ3) is 5.06. The van der Waals surface area contributed by atoms with E-state index in [0.29, 0.717) is 17.5 Å². The SMILES string of the molecule is O=C(NC1CCCCCC1)c1cccc(C(=O)NC2CCS(=O)(=O)C2)c1. The van der Waals surface area contributed by atoms with Crippen molar-refractivity contribution in [2.75, 3.05) is 11.5 Å². The molecule has 1 aromatic rings. The number of sulfone groups is 1. The molecule has 1 atom stereocenters. The molecule has 0 aromatic heterocycles. The number of carbonyl (C=O) groups excluding carboxylic acids is 2. The molecule has 1 unspecified atom stereocenters. The van der Waals surface area contributed by atoms with Crippen LogP contribution < -0.4 is 10.6 Å². The number of hydrogen-bond donors (Lipinski definition) is 2. The second kappa shape index (κ2) is 8.20. The standard InChI is InChI=1S/C19H26N2O4S/c22-18(20-16-8-3-1-2-4-9-16)14-6-5-7-15(12-14)19(23)21-17-10-11-26(24,25)13-17/h5-7,12,16-17H,1-4,8-11,13H2,(H,20,22)(H,21,23). The molecule has 2 amide bonds. The number of carbonyl (C=O) groups is 2. The third-order valence-electron chi connectivity index (χ3n) is 5.14. The first-order valence-corrected chi connectivity index (χ1v) is 11.2. The quantitative estimate of drug-likeness (QED) is 0.785. The van der Waals surface area contributed by atoms with Crippen molar-refractivity contribution in [2.45, 2.75) is 57.0 Å². The summed E-state index contributed by atoms with van der Waals surface area (Å²) in [6.07, 6.45) is 7.16. The van der Waals surface area contributed by atoms with Crippen LogP contribution in [0.15, 0.2) is 24.3 Å². The van der Waals surface area contributed by atoms with Crippen LogP contribution in [0, 0.1) is 0 Å². The molecule has 0 spiro atoms. The van der Waals surface area contributed by atoms with Crippen molar-refractivity contribution in [2.24, 2.45) is 0 Å². The molecular formula is C19H26N2O4S. The van der Waals surface area contributed by atoms with Gasteiger partial charge in [0.1, 0.15) is 0 Å². The van der Waals surface area contributed by atoms with E-state index in [9.17, 15) is 18.0 Å². The molecule has 2 fully saturated rings. The largest absolute Gasteiger partial charge is 0.349 e. The number of rotatable bonds is 4. The van der Waals surface area contributed by atoms with E-state index >= 15 is 0 Å². The highest BCUT2D eigenvalue weighted by atomic mass is 32.2. The molecule has 26 heavy (non-hydrogen) atoms. The van der Waals surface area contributed by atoms with Gasteiger partial charge in [-0.25, -0.2) is 8.42 Å². The molecular weight excluding hydrogens is 352 g/mol. The van der Waals surface area contributed by atoms with Gasteiger partial charge >= 0.3 is 0 Å². The Bertz CT molecular complexity index is 767. The third-order valence-corrected chi connectivity index (χ3v) is 6.91. The molecule has 1 saturated heterocycles. The van der Waals surface area contributed by atoms with Crippen molar-refractivity contribution < 1.29 is 18.0 Å². The second-order valence-electron chi connectivity index (χ2n) is 7.32. The lowest BCUT2D eigenvalue weighted by Crippen LogP contribution is -2.36. The number of nitrogens with one attached hydrogen (secondary N) is 2. The van der Waals surface area contributed by atoms with E-state index in [2.05, 4.69) is 10.6 Å². The van der Waals surface area contributed by atoms with Gasteiger partial charge in [-0.1, -0.05) is 31.7 Å². The maximum atomic E-state index is 12.5. The van der Waals surface area contributed by atoms with Crippen LogP contribution >= 0.6 is 0 Å². The summed E-state index contributed by atoms with van der Waals surface area (Å²) in [6, 6.07) is 6.44. The molecule has 142 valence electrons. The van der Waals surface area contributed by atoms with Gasteiger partial charge in [0.2, 0.25) is 0 Å². The Kier molecular flexibility index (Phi) is 5.96. The van der Waals surface area contributed by atoms with E-state index in [1.807, 2.05) is 0 Å². The van der Waals surface area contributed by atoms with Crippen molar-refractivity contribution in [3.8, 4) is 0 Å². The van der Waals surface area contributed by atoms with Gasteiger partial charge in [-0.3, -0.25) is 9.59 Å². The van der Waals surface area contributed by atoms with Crippen LogP contribution in [0.2, 0.25) is 0 Å². The molecule has 2 aliphatic rings. The summed E-state index contributed by atoms with van der Waals surface area (Å²) in [5, 5.41) is 5.83. The Morgan fingerprint density at radius 3 is 1.96 bits per heavy atom. The van der Waals surface area contributed by atoms with Gasteiger partial charge in [0, 0.05) is 23.2 Å². The highest BCUT2D eigenvalue weighted by molar-refractivity contribution is 7.91. The monoisotopic (exact) mass is 378 g/mol. The van der Waals surface area contributed by atoms with Gasteiger partial charge in [-0.05, 0) is 37.5 Å². The molecule has 3 rings (SSSR count). The predicted molar refractivity (Wildman–Crippen MR) is 99.9 cm³/mol. The molecule has 1 saturated carbocycles.